The predicted octanol–water partition coefficient (Wildman–Crippen LogP) is 2.36. The molecule has 146 valence electrons. The van der Waals surface area contributed by atoms with Crippen molar-refractivity contribution in [1.82, 2.24) is 4.98 Å². The molecular weight excluding hydrogens is 375 g/mol. The maximum absolute atomic E-state index is 14.8. The molecule has 29 heavy (non-hydrogen) atoms. The lowest BCUT2D eigenvalue weighted by atomic mass is 9.81. The molecule has 0 amide bonds. The SMILES string of the molecule is C=C1OC(N)=N[C@@]2(c3cc(CC(=O)c4ccc(C#N)cn4)ccc3F)CCO[C@@H]12. The van der Waals surface area contributed by atoms with Crippen LogP contribution in [-0.2, 0) is 21.4 Å². The van der Waals surface area contributed by atoms with Crippen LogP contribution in [0.4, 0.5) is 4.39 Å². The van der Waals surface area contributed by atoms with Crippen LogP contribution >= 0.6 is 0 Å². The average molecular weight is 392 g/mol. The molecule has 2 aliphatic rings. The Kier molecular flexibility index (Phi) is 4.60. The van der Waals surface area contributed by atoms with Gasteiger partial charge in [-0.25, -0.2) is 9.38 Å². The van der Waals surface area contributed by atoms with Gasteiger partial charge in [-0.05, 0) is 29.8 Å². The highest BCUT2D eigenvalue weighted by Crippen LogP contribution is 2.46. The summed E-state index contributed by atoms with van der Waals surface area (Å²) in [4.78, 5) is 21.0. The molecule has 0 saturated carbocycles. The van der Waals surface area contributed by atoms with Crippen molar-refractivity contribution < 1.29 is 18.7 Å². The molecule has 2 N–H and O–H groups in total. The molecule has 2 aromatic rings. The quantitative estimate of drug-likeness (QED) is 0.800. The first-order chi connectivity index (χ1) is 13.9. The first-order valence-electron chi connectivity index (χ1n) is 8.95. The van der Waals surface area contributed by atoms with Gasteiger partial charge in [-0.1, -0.05) is 12.6 Å². The summed E-state index contributed by atoms with van der Waals surface area (Å²) in [5.74, 6) is -0.444. The zero-order valence-corrected chi connectivity index (χ0v) is 15.4. The number of nitrogens with zero attached hydrogens (tertiary/aromatic N) is 3. The van der Waals surface area contributed by atoms with Gasteiger partial charge < -0.3 is 15.2 Å². The van der Waals surface area contributed by atoms with Gasteiger partial charge in [-0.2, -0.15) is 5.26 Å². The Morgan fingerprint density at radius 1 is 1.41 bits per heavy atom. The minimum Gasteiger partial charge on any atom is -0.429 e. The number of carbonyl (C=O) groups is 1. The third kappa shape index (κ3) is 3.26. The van der Waals surface area contributed by atoms with Crippen LogP contribution in [-0.4, -0.2) is 29.5 Å². The zero-order valence-electron chi connectivity index (χ0n) is 15.4. The molecule has 1 aromatic carbocycles. The molecule has 0 bridgehead atoms. The minimum atomic E-state index is -1.07. The Bertz CT molecular complexity index is 1070. The number of benzene rings is 1. The first kappa shape index (κ1) is 18.8. The van der Waals surface area contributed by atoms with E-state index in [0.717, 1.165) is 0 Å². The van der Waals surface area contributed by atoms with E-state index in [1.807, 2.05) is 6.07 Å². The van der Waals surface area contributed by atoms with Crippen molar-refractivity contribution in [1.29, 1.82) is 5.26 Å². The van der Waals surface area contributed by atoms with Crippen molar-refractivity contribution in [2.24, 2.45) is 10.7 Å². The lowest BCUT2D eigenvalue weighted by molar-refractivity contribution is 0.0643. The van der Waals surface area contributed by atoms with Gasteiger partial charge in [0, 0.05) is 24.6 Å². The molecule has 7 nitrogen and oxygen atoms in total. The van der Waals surface area contributed by atoms with Crippen LogP contribution in [0.2, 0.25) is 0 Å². The van der Waals surface area contributed by atoms with Crippen molar-refractivity contribution in [2.45, 2.75) is 24.5 Å². The molecule has 2 atom stereocenters. The second-order valence-corrected chi connectivity index (χ2v) is 6.90. The van der Waals surface area contributed by atoms with Crippen molar-refractivity contribution in [2.75, 3.05) is 6.61 Å². The van der Waals surface area contributed by atoms with Crippen LogP contribution in [0, 0.1) is 17.1 Å². The standard InChI is InChI=1S/C21H17FN4O3/c1-12-19-21(6-7-28-19,26-20(24)29-12)15-8-13(2-4-16(15)22)9-18(27)17-5-3-14(10-23)11-25-17/h2-5,8,11,19H,1,6-7,9H2,(H2,24,26)/t19-,21+/m0/s1. The normalized spacial score (nSPS) is 23.0. The summed E-state index contributed by atoms with van der Waals surface area (Å²) >= 11 is 0. The van der Waals surface area contributed by atoms with Gasteiger partial charge in [-0.3, -0.25) is 9.78 Å². The Hall–Kier alpha value is -3.57. The number of halogens is 1. The Morgan fingerprint density at radius 3 is 2.97 bits per heavy atom. The summed E-state index contributed by atoms with van der Waals surface area (Å²) in [7, 11) is 0. The Balaban J connectivity index is 1.68. The fraction of sp³-hybridized carbons (Fsp3) is 0.238. The number of hydrogen-bond acceptors (Lipinski definition) is 7. The molecule has 4 rings (SSSR count). The number of Topliss-reactive ketones (excluding diaryl/α,β-unsaturated/α-hetero) is 1. The molecule has 0 radical (unpaired) electrons. The molecular formula is C21H17FN4O3. The first-order valence-corrected chi connectivity index (χ1v) is 8.95. The fourth-order valence-electron chi connectivity index (χ4n) is 3.73. The summed E-state index contributed by atoms with van der Waals surface area (Å²) in [6.45, 7) is 4.17. The predicted molar refractivity (Wildman–Crippen MR) is 101 cm³/mol. The molecule has 1 aromatic heterocycles. The van der Waals surface area contributed by atoms with Crippen LogP contribution in [0.3, 0.4) is 0 Å². The van der Waals surface area contributed by atoms with E-state index in [1.54, 1.807) is 12.1 Å². The number of pyridine rings is 1. The highest BCUT2D eigenvalue weighted by molar-refractivity contribution is 5.95. The zero-order chi connectivity index (χ0) is 20.6. The highest BCUT2D eigenvalue weighted by atomic mass is 19.1. The number of hydrogen-bond donors (Lipinski definition) is 1. The highest BCUT2D eigenvalue weighted by Gasteiger charge is 2.52. The van der Waals surface area contributed by atoms with E-state index in [0.29, 0.717) is 24.2 Å². The number of carbonyl (C=O) groups excluding carboxylic acids is 1. The van der Waals surface area contributed by atoms with Gasteiger partial charge in [0.25, 0.3) is 6.02 Å². The fourth-order valence-corrected chi connectivity index (χ4v) is 3.73. The van der Waals surface area contributed by atoms with Gasteiger partial charge in [0.15, 0.2) is 5.78 Å². The van der Waals surface area contributed by atoms with Gasteiger partial charge >= 0.3 is 0 Å². The van der Waals surface area contributed by atoms with Crippen LogP contribution in [0.15, 0.2) is 53.9 Å². The maximum atomic E-state index is 14.8. The molecule has 0 spiro atoms. The van der Waals surface area contributed by atoms with E-state index >= 15 is 0 Å². The van der Waals surface area contributed by atoms with Crippen LogP contribution in [0.1, 0.15) is 33.6 Å². The van der Waals surface area contributed by atoms with E-state index in [1.165, 1.54) is 24.4 Å². The van der Waals surface area contributed by atoms with E-state index < -0.39 is 17.5 Å². The largest absolute Gasteiger partial charge is 0.429 e. The average Bonchev–Trinajstić information content (AvgIpc) is 3.14. The van der Waals surface area contributed by atoms with Gasteiger partial charge in [0.05, 0.1) is 12.2 Å². The third-order valence-corrected chi connectivity index (χ3v) is 5.08. The number of ketones is 1. The number of nitriles is 1. The molecule has 1 fully saturated rings. The number of aromatic nitrogens is 1. The number of nitrogens with two attached hydrogens (primary N) is 1. The van der Waals surface area contributed by atoms with Gasteiger partial charge in [0.2, 0.25) is 0 Å². The van der Waals surface area contributed by atoms with E-state index in [9.17, 15) is 9.18 Å². The Morgan fingerprint density at radius 2 is 2.24 bits per heavy atom. The van der Waals surface area contributed by atoms with Crippen LogP contribution in [0.25, 0.3) is 0 Å². The van der Waals surface area contributed by atoms with Crippen molar-refractivity contribution in [3.8, 4) is 6.07 Å². The molecule has 3 heterocycles. The number of amidine groups is 1. The molecule has 0 aliphatic carbocycles. The third-order valence-electron chi connectivity index (χ3n) is 5.08. The molecule has 2 aliphatic heterocycles. The molecule has 1 saturated heterocycles. The topological polar surface area (TPSA) is 111 Å². The van der Waals surface area contributed by atoms with Crippen molar-refractivity contribution in [3.63, 3.8) is 0 Å². The van der Waals surface area contributed by atoms with Crippen LogP contribution in [0.5, 0.6) is 0 Å². The van der Waals surface area contributed by atoms with E-state index in [-0.39, 0.29) is 35.2 Å². The molecule has 0 unspecified atom stereocenters. The van der Waals surface area contributed by atoms with Gasteiger partial charge in [-0.15, -0.1) is 0 Å². The van der Waals surface area contributed by atoms with E-state index in [4.69, 9.17) is 20.5 Å². The summed E-state index contributed by atoms with van der Waals surface area (Å²) in [6.07, 6.45) is 1.11. The summed E-state index contributed by atoms with van der Waals surface area (Å²) in [5, 5.41) is 8.84. The van der Waals surface area contributed by atoms with Crippen LogP contribution < -0.4 is 5.73 Å². The summed E-state index contributed by atoms with van der Waals surface area (Å²) in [6, 6.07) is 9.34. The number of aliphatic imine (C=N–C) groups is 1. The van der Waals surface area contributed by atoms with Crippen molar-refractivity contribution >= 4 is 11.8 Å². The Labute approximate surface area is 166 Å². The minimum absolute atomic E-state index is 0.0183. The monoisotopic (exact) mass is 392 g/mol. The lowest BCUT2D eigenvalue weighted by Gasteiger charge is -2.35. The number of fused-ring (bicyclic) bond motifs is 1. The second-order valence-electron chi connectivity index (χ2n) is 6.90. The molecule has 8 heteroatoms. The van der Waals surface area contributed by atoms with Gasteiger partial charge in [0.1, 0.15) is 35.0 Å². The van der Waals surface area contributed by atoms with E-state index in [2.05, 4.69) is 16.6 Å². The number of ether oxygens (including phenoxy) is 2. The van der Waals surface area contributed by atoms with Crippen molar-refractivity contribution in [3.05, 3.63) is 77.1 Å². The second kappa shape index (κ2) is 7.11. The smallest absolute Gasteiger partial charge is 0.288 e. The summed E-state index contributed by atoms with van der Waals surface area (Å²) in [5.41, 5.74) is 6.19. The summed E-state index contributed by atoms with van der Waals surface area (Å²) < 4.78 is 25.8. The lowest BCUT2D eigenvalue weighted by Crippen LogP contribution is -2.43. The number of rotatable bonds is 4. The maximum Gasteiger partial charge on any atom is 0.288 e.